The first-order valence-corrected chi connectivity index (χ1v) is 9.05. The van der Waals surface area contributed by atoms with Crippen molar-refractivity contribution < 1.29 is 19.1 Å². The number of hydrogen-bond acceptors (Lipinski definition) is 5. The van der Waals surface area contributed by atoms with E-state index in [-0.39, 0.29) is 18.9 Å². The van der Waals surface area contributed by atoms with Crippen LogP contribution in [-0.4, -0.2) is 30.9 Å². The van der Waals surface area contributed by atoms with Crippen LogP contribution in [0, 0.1) is 20.8 Å². The van der Waals surface area contributed by atoms with Gasteiger partial charge in [-0.1, -0.05) is 23.8 Å². The summed E-state index contributed by atoms with van der Waals surface area (Å²) in [6.45, 7) is 5.24. The zero-order chi connectivity index (χ0) is 19.1. The van der Waals surface area contributed by atoms with Crippen molar-refractivity contribution in [3.8, 4) is 0 Å². The van der Waals surface area contributed by atoms with Crippen LogP contribution in [0.4, 0.5) is 5.69 Å². The van der Waals surface area contributed by atoms with E-state index >= 15 is 0 Å². The maximum atomic E-state index is 12.0. The number of ether oxygens (including phenoxy) is 1. The summed E-state index contributed by atoms with van der Waals surface area (Å²) < 4.78 is 4.90. The van der Waals surface area contributed by atoms with Crippen LogP contribution in [0.15, 0.2) is 29.6 Å². The van der Waals surface area contributed by atoms with Gasteiger partial charge in [-0.05, 0) is 43.3 Å². The summed E-state index contributed by atoms with van der Waals surface area (Å²) in [5.41, 5.74) is 3.79. The Labute approximate surface area is 156 Å². The quantitative estimate of drug-likeness (QED) is 0.730. The molecule has 2 rings (SSSR count). The average Bonchev–Trinajstić information content (AvgIpc) is 3.07. The van der Waals surface area contributed by atoms with E-state index in [1.165, 1.54) is 11.3 Å². The molecule has 1 aromatic heterocycles. The number of anilines is 1. The topological polar surface area (TPSA) is 84.5 Å². The highest BCUT2D eigenvalue weighted by Gasteiger charge is 2.12. The molecule has 7 heteroatoms. The number of rotatable bonds is 7. The van der Waals surface area contributed by atoms with Crippen molar-refractivity contribution in [3.63, 3.8) is 0 Å². The number of carbonyl (C=O) groups is 3. The second kappa shape index (κ2) is 9.15. The fourth-order valence-electron chi connectivity index (χ4n) is 2.54. The number of thiophene rings is 1. The van der Waals surface area contributed by atoms with Gasteiger partial charge in [-0.2, -0.15) is 0 Å². The first-order chi connectivity index (χ1) is 12.3. The highest BCUT2D eigenvalue weighted by molar-refractivity contribution is 7.10. The Balaban J connectivity index is 1.73. The molecule has 6 nitrogen and oxygen atoms in total. The summed E-state index contributed by atoms with van der Waals surface area (Å²) >= 11 is 1.45. The van der Waals surface area contributed by atoms with Crippen molar-refractivity contribution in [2.45, 2.75) is 27.2 Å². The molecule has 1 aromatic carbocycles. The van der Waals surface area contributed by atoms with Crippen molar-refractivity contribution in [1.29, 1.82) is 0 Å². The SMILES string of the molecule is Cc1cc(C)c(NC(=O)CNC(=O)COC(=O)Cc2cccs2)c(C)c1. The minimum absolute atomic E-state index is 0.136. The Bertz CT molecular complexity index is 777. The van der Waals surface area contributed by atoms with Crippen LogP contribution in [-0.2, 0) is 25.5 Å². The number of amides is 2. The van der Waals surface area contributed by atoms with Crippen LogP contribution in [0.2, 0.25) is 0 Å². The van der Waals surface area contributed by atoms with Gasteiger partial charge < -0.3 is 15.4 Å². The van der Waals surface area contributed by atoms with Gasteiger partial charge in [0.2, 0.25) is 5.91 Å². The lowest BCUT2D eigenvalue weighted by Gasteiger charge is -2.13. The molecule has 0 bridgehead atoms. The van der Waals surface area contributed by atoms with Gasteiger partial charge in [-0.3, -0.25) is 14.4 Å². The molecule has 1 heterocycles. The van der Waals surface area contributed by atoms with Gasteiger partial charge in [0.1, 0.15) is 0 Å². The molecular weight excluding hydrogens is 352 g/mol. The van der Waals surface area contributed by atoms with Gasteiger partial charge in [0.25, 0.3) is 5.91 Å². The van der Waals surface area contributed by atoms with Crippen LogP contribution < -0.4 is 10.6 Å². The molecule has 138 valence electrons. The van der Waals surface area contributed by atoms with E-state index in [4.69, 9.17) is 4.74 Å². The predicted octanol–water partition coefficient (Wildman–Crippen LogP) is 2.51. The lowest BCUT2D eigenvalue weighted by molar-refractivity contribution is -0.147. The van der Waals surface area contributed by atoms with Crippen molar-refractivity contribution in [2.75, 3.05) is 18.5 Å². The second-order valence-corrected chi connectivity index (χ2v) is 7.05. The fourth-order valence-corrected chi connectivity index (χ4v) is 3.23. The molecule has 2 aromatic rings. The van der Waals surface area contributed by atoms with Gasteiger partial charge in [0.05, 0.1) is 13.0 Å². The predicted molar refractivity (Wildman–Crippen MR) is 101 cm³/mol. The van der Waals surface area contributed by atoms with Crippen LogP contribution in [0.3, 0.4) is 0 Å². The van der Waals surface area contributed by atoms with Gasteiger partial charge in [-0.15, -0.1) is 11.3 Å². The number of hydrogen-bond donors (Lipinski definition) is 2. The average molecular weight is 374 g/mol. The van der Waals surface area contributed by atoms with E-state index in [9.17, 15) is 14.4 Å². The zero-order valence-corrected chi connectivity index (χ0v) is 15.9. The Kier molecular flexibility index (Phi) is 6.91. The second-order valence-electron chi connectivity index (χ2n) is 6.02. The zero-order valence-electron chi connectivity index (χ0n) is 15.0. The Morgan fingerprint density at radius 3 is 2.38 bits per heavy atom. The summed E-state index contributed by atoms with van der Waals surface area (Å²) in [4.78, 5) is 36.2. The normalized spacial score (nSPS) is 10.3. The molecule has 0 unspecified atom stereocenters. The number of carbonyl (C=O) groups excluding carboxylic acids is 3. The van der Waals surface area contributed by atoms with Gasteiger partial charge in [0, 0.05) is 10.6 Å². The first-order valence-electron chi connectivity index (χ1n) is 8.17. The molecule has 0 fully saturated rings. The van der Waals surface area contributed by atoms with E-state index < -0.39 is 18.5 Å². The van der Waals surface area contributed by atoms with Crippen molar-refractivity contribution in [1.82, 2.24) is 5.32 Å². The summed E-state index contributed by atoms with van der Waals surface area (Å²) in [6.07, 6.45) is 0.136. The van der Waals surface area contributed by atoms with E-state index in [1.54, 1.807) is 0 Å². The number of esters is 1. The molecular formula is C19H22N2O4S. The van der Waals surface area contributed by atoms with E-state index in [0.717, 1.165) is 27.3 Å². The number of nitrogens with one attached hydrogen (secondary N) is 2. The summed E-state index contributed by atoms with van der Waals surface area (Å²) in [6, 6.07) is 7.63. The maximum Gasteiger partial charge on any atom is 0.311 e. The molecule has 2 N–H and O–H groups in total. The van der Waals surface area contributed by atoms with E-state index in [1.807, 2.05) is 50.4 Å². The third kappa shape index (κ3) is 6.00. The minimum Gasteiger partial charge on any atom is -0.455 e. The molecule has 0 saturated carbocycles. The monoisotopic (exact) mass is 374 g/mol. The molecule has 2 amide bonds. The number of aryl methyl sites for hydroxylation is 3. The number of benzene rings is 1. The van der Waals surface area contributed by atoms with E-state index in [0.29, 0.717) is 0 Å². The van der Waals surface area contributed by atoms with Crippen molar-refractivity contribution >= 4 is 34.8 Å². The van der Waals surface area contributed by atoms with E-state index in [2.05, 4.69) is 10.6 Å². The lowest BCUT2D eigenvalue weighted by atomic mass is 10.1. The highest BCUT2D eigenvalue weighted by atomic mass is 32.1. The van der Waals surface area contributed by atoms with Gasteiger partial charge in [-0.25, -0.2) is 0 Å². The lowest BCUT2D eigenvalue weighted by Crippen LogP contribution is -2.35. The van der Waals surface area contributed by atoms with Crippen LogP contribution in [0.25, 0.3) is 0 Å². The largest absolute Gasteiger partial charge is 0.455 e. The third-order valence-corrected chi connectivity index (χ3v) is 4.53. The summed E-state index contributed by atoms with van der Waals surface area (Å²) in [5, 5.41) is 7.10. The molecule has 0 saturated heterocycles. The highest BCUT2D eigenvalue weighted by Crippen LogP contribution is 2.21. The minimum atomic E-state index is -0.517. The molecule has 0 aliphatic heterocycles. The molecule has 0 radical (unpaired) electrons. The Morgan fingerprint density at radius 1 is 1.08 bits per heavy atom. The molecule has 0 aliphatic rings. The van der Waals surface area contributed by atoms with Crippen LogP contribution in [0.5, 0.6) is 0 Å². The van der Waals surface area contributed by atoms with Crippen molar-refractivity contribution in [3.05, 3.63) is 51.2 Å². The standard InChI is InChI=1S/C19H22N2O4S/c1-12-7-13(2)19(14(3)8-12)21-16(22)10-20-17(23)11-25-18(24)9-15-5-4-6-26-15/h4-8H,9-11H2,1-3H3,(H,20,23)(H,21,22). The van der Waals surface area contributed by atoms with Crippen LogP contribution >= 0.6 is 11.3 Å². The Hall–Kier alpha value is -2.67. The maximum absolute atomic E-state index is 12.0. The molecule has 0 spiro atoms. The fraction of sp³-hybridized carbons (Fsp3) is 0.316. The molecule has 0 atom stereocenters. The molecule has 26 heavy (non-hydrogen) atoms. The Morgan fingerprint density at radius 2 is 1.77 bits per heavy atom. The van der Waals surface area contributed by atoms with Crippen molar-refractivity contribution in [2.24, 2.45) is 0 Å². The van der Waals surface area contributed by atoms with Gasteiger partial charge in [0.15, 0.2) is 6.61 Å². The third-order valence-electron chi connectivity index (χ3n) is 3.65. The summed E-state index contributed by atoms with van der Waals surface area (Å²) in [5.74, 6) is -1.33. The summed E-state index contributed by atoms with van der Waals surface area (Å²) in [7, 11) is 0. The van der Waals surface area contributed by atoms with Gasteiger partial charge >= 0.3 is 5.97 Å². The smallest absolute Gasteiger partial charge is 0.311 e. The first kappa shape index (κ1) is 19.7. The molecule has 0 aliphatic carbocycles. The van der Waals surface area contributed by atoms with Crippen LogP contribution in [0.1, 0.15) is 21.6 Å².